The van der Waals surface area contributed by atoms with Gasteiger partial charge >= 0.3 is 0 Å². The normalized spacial score (nSPS) is 35.9. The molecule has 1 aromatic rings. The standard InChI is InChI=1S/C20H31N3O2/c1-24-20-7-6-17(25-14-15-2-3-15)12-18(20)22(10-8-20)13-19-21-9-11-23(19)16-4-5-16/h9,11,15-18H,2-8,10,12-14H2,1H3/t17-,18+,20-/m1/s1. The first-order chi connectivity index (χ1) is 12.3. The third kappa shape index (κ3) is 3.15. The zero-order valence-corrected chi connectivity index (χ0v) is 15.4. The van der Waals surface area contributed by atoms with Gasteiger partial charge in [-0.3, -0.25) is 4.90 Å². The summed E-state index contributed by atoms with van der Waals surface area (Å²) in [5.74, 6) is 2.08. The number of rotatable bonds is 7. The van der Waals surface area contributed by atoms with Gasteiger partial charge in [-0.1, -0.05) is 0 Å². The van der Waals surface area contributed by atoms with Crippen molar-refractivity contribution in [3.63, 3.8) is 0 Å². The Morgan fingerprint density at radius 3 is 2.84 bits per heavy atom. The highest BCUT2D eigenvalue weighted by molar-refractivity contribution is 5.08. The number of hydrogen-bond donors (Lipinski definition) is 0. The molecule has 138 valence electrons. The van der Waals surface area contributed by atoms with E-state index >= 15 is 0 Å². The highest BCUT2D eigenvalue weighted by Gasteiger charge is 2.51. The van der Waals surface area contributed by atoms with Crippen molar-refractivity contribution in [2.75, 3.05) is 20.3 Å². The van der Waals surface area contributed by atoms with E-state index in [4.69, 9.17) is 9.47 Å². The van der Waals surface area contributed by atoms with Gasteiger partial charge in [0, 0.05) is 44.7 Å². The van der Waals surface area contributed by atoms with Crippen molar-refractivity contribution in [1.82, 2.24) is 14.5 Å². The van der Waals surface area contributed by atoms with Gasteiger partial charge in [-0.25, -0.2) is 4.98 Å². The molecule has 0 amide bonds. The van der Waals surface area contributed by atoms with Crippen molar-refractivity contribution < 1.29 is 9.47 Å². The molecule has 4 aliphatic rings. The number of ether oxygens (including phenoxy) is 2. The fourth-order valence-corrected chi connectivity index (χ4v) is 4.99. The maximum absolute atomic E-state index is 6.26. The van der Waals surface area contributed by atoms with Crippen molar-refractivity contribution in [2.45, 2.75) is 81.7 Å². The van der Waals surface area contributed by atoms with Crippen LogP contribution in [-0.2, 0) is 16.0 Å². The Balaban J connectivity index is 1.29. The first-order valence-electron chi connectivity index (χ1n) is 10.2. The number of imidazole rings is 1. The number of nitrogens with zero attached hydrogens (tertiary/aromatic N) is 3. The molecule has 0 unspecified atom stereocenters. The summed E-state index contributed by atoms with van der Waals surface area (Å²) in [6.07, 6.45) is 14.5. The first kappa shape index (κ1) is 16.3. The molecule has 1 saturated heterocycles. The van der Waals surface area contributed by atoms with Crippen LogP contribution in [-0.4, -0.2) is 52.5 Å². The van der Waals surface area contributed by atoms with E-state index in [1.165, 1.54) is 31.5 Å². The number of methoxy groups -OCH3 is 1. The molecule has 5 nitrogen and oxygen atoms in total. The number of aromatic nitrogens is 2. The van der Waals surface area contributed by atoms with E-state index in [1.807, 2.05) is 13.3 Å². The van der Waals surface area contributed by atoms with Crippen LogP contribution in [0.15, 0.2) is 12.4 Å². The second-order valence-corrected chi connectivity index (χ2v) is 8.66. The molecule has 0 radical (unpaired) electrons. The first-order valence-corrected chi connectivity index (χ1v) is 10.2. The zero-order chi connectivity index (χ0) is 16.9. The van der Waals surface area contributed by atoms with Crippen molar-refractivity contribution in [3.05, 3.63) is 18.2 Å². The second-order valence-electron chi connectivity index (χ2n) is 8.66. The van der Waals surface area contributed by atoms with E-state index in [0.29, 0.717) is 18.2 Å². The Hall–Kier alpha value is -0.910. The Bertz CT molecular complexity index is 610. The van der Waals surface area contributed by atoms with Crippen LogP contribution in [0.2, 0.25) is 0 Å². The van der Waals surface area contributed by atoms with Gasteiger partial charge in [0.1, 0.15) is 5.82 Å². The molecule has 3 saturated carbocycles. The minimum Gasteiger partial charge on any atom is -0.378 e. The minimum atomic E-state index is 0.0381. The maximum Gasteiger partial charge on any atom is 0.123 e. The summed E-state index contributed by atoms with van der Waals surface area (Å²) >= 11 is 0. The molecule has 3 aliphatic carbocycles. The van der Waals surface area contributed by atoms with Crippen LogP contribution in [0.5, 0.6) is 0 Å². The molecule has 2 heterocycles. The van der Waals surface area contributed by atoms with Crippen molar-refractivity contribution in [1.29, 1.82) is 0 Å². The summed E-state index contributed by atoms with van der Waals surface area (Å²) in [6.45, 7) is 3.05. The molecule has 5 heteroatoms. The molecule has 0 N–H and O–H groups in total. The van der Waals surface area contributed by atoms with Gasteiger partial charge in [0.15, 0.2) is 0 Å². The van der Waals surface area contributed by atoms with Crippen molar-refractivity contribution >= 4 is 0 Å². The van der Waals surface area contributed by atoms with Crippen LogP contribution < -0.4 is 0 Å². The van der Waals surface area contributed by atoms with Gasteiger partial charge in [0.25, 0.3) is 0 Å². The smallest absolute Gasteiger partial charge is 0.123 e. The number of hydrogen-bond acceptors (Lipinski definition) is 4. The average Bonchev–Trinajstić information content (AvgIpc) is 3.57. The topological polar surface area (TPSA) is 39.5 Å². The van der Waals surface area contributed by atoms with E-state index < -0.39 is 0 Å². The summed E-state index contributed by atoms with van der Waals surface area (Å²) in [6, 6.07) is 1.17. The van der Waals surface area contributed by atoms with E-state index in [0.717, 1.165) is 51.3 Å². The lowest BCUT2D eigenvalue weighted by Crippen LogP contribution is -2.51. The van der Waals surface area contributed by atoms with Crippen LogP contribution in [0.1, 0.15) is 63.2 Å². The number of likely N-dealkylation sites (tertiary alicyclic amines) is 1. The molecule has 3 atom stereocenters. The predicted molar refractivity (Wildman–Crippen MR) is 95.4 cm³/mol. The summed E-state index contributed by atoms with van der Waals surface area (Å²) in [4.78, 5) is 7.29. The summed E-state index contributed by atoms with van der Waals surface area (Å²) < 4.78 is 14.8. The van der Waals surface area contributed by atoms with Crippen LogP contribution >= 0.6 is 0 Å². The molecule has 1 aromatic heterocycles. The Morgan fingerprint density at radius 2 is 2.08 bits per heavy atom. The van der Waals surface area contributed by atoms with E-state index in [1.54, 1.807) is 0 Å². The Kier molecular flexibility index (Phi) is 4.14. The van der Waals surface area contributed by atoms with Gasteiger partial charge in [-0.05, 0) is 57.3 Å². The SMILES string of the molecule is CO[C@@]12CC[C@@H](OCC3CC3)C[C@@H]1N(Cc1nccn1C1CC1)CC2. The quantitative estimate of drug-likeness (QED) is 0.761. The average molecular weight is 345 g/mol. The maximum atomic E-state index is 6.26. The van der Waals surface area contributed by atoms with Gasteiger partial charge in [0.05, 0.1) is 18.2 Å². The van der Waals surface area contributed by atoms with E-state index in [9.17, 15) is 0 Å². The molecule has 25 heavy (non-hydrogen) atoms. The Morgan fingerprint density at radius 1 is 1.20 bits per heavy atom. The minimum absolute atomic E-state index is 0.0381. The highest BCUT2D eigenvalue weighted by Crippen LogP contribution is 2.44. The molecule has 0 spiro atoms. The lowest BCUT2D eigenvalue weighted by molar-refractivity contribution is -0.103. The monoisotopic (exact) mass is 345 g/mol. The van der Waals surface area contributed by atoms with E-state index in [2.05, 4.69) is 20.6 Å². The third-order valence-corrected chi connectivity index (χ3v) is 6.95. The van der Waals surface area contributed by atoms with Crippen LogP contribution in [0.4, 0.5) is 0 Å². The number of fused-ring (bicyclic) bond motifs is 1. The van der Waals surface area contributed by atoms with E-state index in [-0.39, 0.29) is 5.60 Å². The largest absolute Gasteiger partial charge is 0.378 e. The Labute approximate surface area is 150 Å². The van der Waals surface area contributed by atoms with Gasteiger partial charge < -0.3 is 14.0 Å². The van der Waals surface area contributed by atoms with Crippen molar-refractivity contribution in [3.8, 4) is 0 Å². The lowest BCUT2D eigenvalue weighted by Gasteiger charge is -2.43. The second kappa shape index (κ2) is 6.36. The van der Waals surface area contributed by atoms with Gasteiger partial charge in [0.2, 0.25) is 0 Å². The van der Waals surface area contributed by atoms with Gasteiger partial charge in [-0.15, -0.1) is 0 Å². The third-order valence-electron chi connectivity index (χ3n) is 6.95. The molecule has 4 fully saturated rings. The fraction of sp³-hybridized carbons (Fsp3) is 0.850. The lowest BCUT2D eigenvalue weighted by atomic mass is 9.79. The highest BCUT2D eigenvalue weighted by atomic mass is 16.5. The fourth-order valence-electron chi connectivity index (χ4n) is 4.99. The van der Waals surface area contributed by atoms with Gasteiger partial charge in [-0.2, -0.15) is 0 Å². The summed E-state index contributed by atoms with van der Waals surface area (Å²) in [5, 5.41) is 0. The summed E-state index contributed by atoms with van der Waals surface area (Å²) in [5.41, 5.74) is 0.0381. The van der Waals surface area contributed by atoms with Crippen LogP contribution in [0.3, 0.4) is 0 Å². The van der Waals surface area contributed by atoms with Crippen LogP contribution in [0, 0.1) is 5.92 Å². The predicted octanol–water partition coefficient (Wildman–Crippen LogP) is 3.16. The zero-order valence-electron chi connectivity index (χ0n) is 15.4. The van der Waals surface area contributed by atoms with Crippen LogP contribution in [0.25, 0.3) is 0 Å². The molecular weight excluding hydrogens is 314 g/mol. The molecule has 1 aliphatic heterocycles. The molecule has 0 aromatic carbocycles. The molecular formula is C20H31N3O2. The van der Waals surface area contributed by atoms with Crippen molar-refractivity contribution in [2.24, 2.45) is 5.92 Å². The molecule has 5 rings (SSSR count). The summed E-state index contributed by atoms with van der Waals surface area (Å²) in [7, 11) is 1.91. The molecule has 0 bridgehead atoms.